The van der Waals surface area contributed by atoms with Gasteiger partial charge < -0.3 is 10.6 Å². The van der Waals surface area contributed by atoms with Crippen molar-refractivity contribution >= 4 is 11.4 Å². The van der Waals surface area contributed by atoms with Crippen molar-refractivity contribution < 1.29 is 4.92 Å². The van der Waals surface area contributed by atoms with E-state index in [-0.39, 0.29) is 10.6 Å². The molecule has 1 fully saturated rings. The average molecular weight is 235 g/mol. The van der Waals surface area contributed by atoms with Crippen LogP contribution in [0.3, 0.4) is 0 Å². The second-order valence-electron chi connectivity index (χ2n) is 4.38. The maximum Gasteiger partial charge on any atom is 0.271 e. The predicted molar refractivity (Wildman–Crippen MR) is 67.2 cm³/mol. The molecule has 5 heteroatoms. The third-order valence-electron chi connectivity index (χ3n) is 3.11. The summed E-state index contributed by atoms with van der Waals surface area (Å²) >= 11 is 0. The fourth-order valence-electron chi connectivity index (χ4n) is 2.08. The highest BCUT2D eigenvalue weighted by Crippen LogP contribution is 2.18. The predicted octanol–water partition coefficient (Wildman–Crippen LogP) is 2.01. The van der Waals surface area contributed by atoms with E-state index < -0.39 is 0 Å². The van der Waals surface area contributed by atoms with Crippen LogP contribution in [-0.2, 0) is 0 Å². The Morgan fingerprint density at radius 3 is 2.88 bits per heavy atom. The van der Waals surface area contributed by atoms with Gasteiger partial charge in [-0.25, -0.2) is 0 Å². The van der Waals surface area contributed by atoms with Crippen LogP contribution in [0.2, 0.25) is 0 Å². The lowest BCUT2D eigenvalue weighted by atomic mass is 9.98. The van der Waals surface area contributed by atoms with Gasteiger partial charge in [0.15, 0.2) is 0 Å². The molecule has 0 spiro atoms. The number of nitro benzene ring substituents is 1. The van der Waals surface area contributed by atoms with Crippen LogP contribution in [-0.4, -0.2) is 24.6 Å². The number of rotatable bonds is 4. The van der Waals surface area contributed by atoms with E-state index in [1.54, 1.807) is 12.1 Å². The van der Waals surface area contributed by atoms with Gasteiger partial charge in [0.25, 0.3) is 5.69 Å². The van der Waals surface area contributed by atoms with E-state index in [1.165, 1.54) is 18.9 Å². The minimum Gasteiger partial charge on any atom is -0.385 e. The number of nitrogens with one attached hydrogen (secondary N) is 2. The summed E-state index contributed by atoms with van der Waals surface area (Å²) in [6, 6.07) is 6.67. The van der Waals surface area contributed by atoms with Crippen molar-refractivity contribution in [1.29, 1.82) is 0 Å². The van der Waals surface area contributed by atoms with Crippen molar-refractivity contribution in [3.63, 3.8) is 0 Å². The maximum absolute atomic E-state index is 10.6. The minimum absolute atomic E-state index is 0.139. The highest BCUT2D eigenvalue weighted by Gasteiger charge is 2.13. The number of hydrogen-bond acceptors (Lipinski definition) is 4. The summed E-state index contributed by atoms with van der Waals surface area (Å²) < 4.78 is 0. The standard InChI is InChI=1S/C12H17N3O2/c16-15(17)12-3-1-2-11(8-12)14-9-10-4-6-13-7-5-10/h1-3,8,10,13-14H,4-7,9H2. The highest BCUT2D eigenvalue weighted by molar-refractivity contribution is 5.50. The zero-order chi connectivity index (χ0) is 12.1. The number of piperidine rings is 1. The molecule has 2 N–H and O–H groups in total. The fourth-order valence-corrected chi connectivity index (χ4v) is 2.08. The molecule has 1 aromatic carbocycles. The number of hydrogen-bond donors (Lipinski definition) is 2. The Labute approximate surface area is 100 Å². The Bertz CT molecular complexity index is 389. The zero-order valence-corrected chi connectivity index (χ0v) is 9.69. The van der Waals surface area contributed by atoms with Crippen LogP contribution in [0.1, 0.15) is 12.8 Å². The van der Waals surface area contributed by atoms with Gasteiger partial charge in [-0.15, -0.1) is 0 Å². The Kier molecular flexibility index (Phi) is 3.93. The van der Waals surface area contributed by atoms with Crippen LogP contribution in [0.5, 0.6) is 0 Å². The second kappa shape index (κ2) is 5.63. The summed E-state index contributed by atoms with van der Waals surface area (Å²) in [5, 5.41) is 17.2. The normalized spacial score (nSPS) is 16.7. The van der Waals surface area contributed by atoms with Crippen molar-refractivity contribution in [3.8, 4) is 0 Å². The molecule has 0 unspecified atom stereocenters. The van der Waals surface area contributed by atoms with E-state index in [9.17, 15) is 10.1 Å². The van der Waals surface area contributed by atoms with Crippen molar-refractivity contribution in [3.05, 3.63) is 34.4 Å². The molecule has 1 saturated heterocycles. The monoisotopic (exact) mass is 235 g/mol. The lowest BCUT2D eigenvalue weighted by Gasteiger charge is -2.23. The molecule has 5 nitrogen and oxygen atoms in total. The lowest BCUT2D eigenvalue weighted by molar-refractivity contribution is -0.384. The SMILES string of the molecule is O=[N+]([O-])c1cccc(NCC2CCNCC2)c1. The van der Waals surface area contributed by atoms with E-state index in [0.29, 0.717) is 5.92 Å². The van der Waals surface area contributed by atoms with Gasteiger partial charge in [-0.1, -0.05) is 6.07 Å². The first-order valence-corrected chi connectivity index (χ1v) is 5.95. The number of nitro groups is 1. The Hall–Kier alpha value is -1.62. The number of non-ortho nitro benzene ring substituents is 1. The van der Waals surface area contributed by atoms with Crippen LogP contribution in [0, 0.1) is 16.0 Å². The summed E-state index contributed by atoms with van der Waals surface area (Å²) in [7, 11) is 0. The third kappa shape index (κ3) is 3.42. The molecule has 0 saturated carbocycles. The van der Waals surface area contributed by atoms with Gasteiger partial charge in [0.1, 0.15) is 0 Å². The Balaban J connectivity index is 1.89. The van der Waals surface area contributed by atoms with Crippen LogP contribution in [0.15, 0.2) is 24.3 Å². The first-order valence-electron chi connectivity index (χ1n) is 5.95. The Morgan fingerprint density at radius 1 is 1.41 bits per heavy atom. The largest absolute Gasteiger partial charge is 0.385 e. The topological polar surface area (TPSA) is 67.2 Å². The molecule has 0 atom stereocenters. The molecule has 1 aliphatic heterocycles. The third-order valence-corrected chi connectivity index (χ3v) is 3.11. The number of nitrogens with zero attached hydrogens (tertiary/aromatic N) is 1. The van der Waals surface area contributed by atoms with E-state index in [0.717, 1.165) is 25.3 Å². The van der Waals surface area contributed by atoms with Crippen LogP contribution in [0.4, 0.5) is 11.4 Å². The van der Waals surface area contributed by atoms with Gasteiger partial charge in [-0.05, 0) is 37.9 Å². The zero-order valence-electron chi connectivity index (χ0n) is 9.69. The molecule has 0 bridgehead atoms. The maximum atomic E-state index is 10.6. The fraction of sp³-hybridized carbons (Fsp3) is 0.500. The summed E-state index contributed by atoms with van der Waals surface area (Å²) in [6.07, 6.45) is 2.34. The van der Waals surface area contributed by atoms with Crippen LogP contribution >= 0.6 is 0 Å². The first-order chi connectivity index (χ1) is 8.25. The molecule has 0 radical (unpaired) electrons. The molecule has 1 heterocycles. The molecule has 0 amide bonds. The molecular weight excluding hydrogens is 218 g/mol. The quantitative estimate of drug-likeness (QED) is 0.618. The second-order valence-corrected chi connectivity index (χ2v) is 4.38. The molecule has 1 aliphatic rings. The summed E-state index contributed by atoms with van der Waals surface area (Å²) in [5.41, 5.74) is 0.970. The van der Waals surface area contributed by atoms with E-state index in [4.69, 9.17) is 0 Å². The molecule has 17 heavy (non-hydrogen) atoms. The van der Waals surface area contributed by atoms with Crippen molar-refractivity contribution in [1.82, 2.24) is 5.32 Å². The van der Waals surface area contributed by atoms with Crippen LogP contribution < -0.4 is 10.6 Å². The van der Waals surface area contributed by atoms with E-state index in [1.807, 2.05) is 6.07 Å². The number of benzene rings is 1. The van der Waals surface area contributed by atoms with Gasteiger partial charge in [0.05, 0.1) is 4.92 Å². The van der Waals surface area contributed by atoms with Crippen LogP contribution in [0.25, 0.3) is 0 Å². The average Bonchev–Trinajstić information content (AvgIpc) is 2.38. The van der Waals surface area contributed by atoms with E-state index >= 15 is 0 Å². The highest BCUT2D eigenvalue weighted by atomic mass is 16.6. The molecule has 0 aliphatic carbocycles. The lowest BCUT2D eigenvalue weighted by Crippen LogP contribution is -2.31. The van der Waals surface area contributed by atoms with Crippen molar-refractivity contribution in [2.24, 2.45) is 5.92 Å². The van der Waals surface area contributed by atoms with Gasteiger partial charge in [-0.2, -0.15) is 0 Å². The molecule has 1 aromatic rings. The molecule has 0 aromatic heterocycles. The Morgan fingerprint density at radius 2 is 2.18 bits per heavy atom. The van der Waals surface area contributed by atoms with Gasteiger partial charge in [0.2, 0.25) is 0 Å². The first kappa shape index (κ1) is 11.9. The van der Waals surface area contributed by atoms with Crippen molar-refractivity contribution in [2.75, 3.05) is 25.0 Å². The molecular formula is C12H17N3O2. The molecule has 92 valence electrons. The summed E-state index contributed by atoms with van der Waals surface area (Å²) in [5.74, 6) is 0.663. The van der Waals surface area contributed by atoms with Gasteiger partial charge in [0, 0.05) is 24.4 Å². The smallest absolute Gasteiger partial charge is 0.271 e. The minimum atomic E-state index is -0.365. The summed E-state index contributed by atoms with van der Waals surface area (Å²) in [6.45, 7) is 3.03. The summed E-state index contributed by atoms with van der Waals surface area (Å²) in [4.78, 5) is 10.3. The van der Waals surface area contributed by atoms with Crippen molar-refractivity contribution in [2.45, 2.75) is 12.8 Å². The van der Waals surface area contributed by atoms with Gasteiger partial charge in [-0.3, -0.25) is 10.1 Å². The van der Waals surface area contributed by atoms with E-state index in [2.05, 4.69) is 10.6 Å². The molecule has 2 rings (SSSR count). The number of anilines is 1. The van der Waals surface area contributed by atoms with Gasteiger partial charge >= 0.3 is 0 Å².